The van der Waals surface area contributed by atoms with Crippen molar-refractivity contribution in [1.82, 2.24) is 10.2 Å². The van der Waals surface area contributed by atoms with Crippen LogP contribution in [0.1, 0.15) is 25.0 Å². The van der Waals surface area contributed by atoms with E-state index in [-0.39, 0.29) is 5.60 Å². The van der Waals surface area contributed by atoms with E-state index in [9.17, 15) is 0 Å². The Balaban J connectivity index is 1.92. The average Bonchev–Trinajstić information content (AvgIpc) is 2.29. The van der Waals surface area contributed by atoms with Gasteiger partial charge >= 0.3 is 0 Å². The number of aromatic nitrogens is 2. The zero-order valence-electron chi connectivity index (χ0n) is 9.23. The molecule has 1 aliphatic carbocycles. The molecule has 1 aromatic rings. The van der Waals surface area contributed by atoms with Crippen LogP contribution in [-0.2, 0) is 4.74 Å². The standard InChI is InChI=1S/C11H14N4O/c1-16-11(5-2-6-11)8-13-10-4-3-9(7-12)14-15-10/h3-4H,2,5-6,8H2,1H3,(H,13,15). The van der Waals surface area contributed by atoms with Crippen molar-refractivity contribution in [3.8, 4) is 6.07 Å². The fourth-order valence-corrected chi connectivity index (χ4v) is 1.76. The Labute approximate surface area is 94.4 Å². The molecule has 5 heteroatoms. The summed E-state index contributed by atoms with van der Waals surface area (Å²) in [4.78, 5) is 0. The van der Waals surface area contributed by atoms with E-state index >= 15 is 0 Å². The monoisotopic (exact) mass is 218 g/mol. The third-order valence-corrected chi connectivity index (χ3v) is 3.07. The number of nitriles is 1. The highest BCUT2D eigenvalue weighted by molar-refractivity contribution is 5.35. The number of anilines is 1. The van der Waals surface area contributed by atoms with E-state index in [2.05, 4.69) is 15.5 Å². The van der Waals surface area contributed by atoms with Gasteiger partial charge in [0, 0.05) is 13.7 Å². The van der Waals surface area contributed by atoms with E-state index in [1.165, 1.54) is 6.42 Å². The van der Waals surface area contributed by atoms with E-state index in [0.29, 0.717) is 11.5 Å². The molecule has 5 nitrogen and oxygen atoms in total. The minimum Gasteiger partial charge on any atom is -0.376 e. The molecular formula is C11H14N4O. The van der Waals surface area contributed by atoms with E-state index < -0.39 is 0 Å². The molecule has 84 valence electrons. The Morgan fingerprint density at radius 2 is 2.31 bits per heavy atom. The van der Waals surface area contributed by atoms with Gasteiger partial charge in [-0.1, -0.05) is 0 Å². The number of nitrogens with one attached hydrogen (secondary N) is 1. The highest BCUT2D eigenvalue weighted by Gasteiger charge is 2.36. The van der Waals surface area contributed by atoms with Crippen molar-refractivity contribution in [1.29, 1.82) is 5.26 Å². The molecule has 0 spiro atoms. The van der Waals surface area contributed by atoms with Crippen LogP contribution in [0.3, 0.4) is 0 Å². The number of methoxy groups -OCH3 is 1. The van der Waals surface area contributed by atoms with Crippen molar-refractivity contribution in [3.05, 3.63) is 17.8 Å². The predicted molar refractivity (Wildman–Crippen MR) is 58.8 cm³/mol. The highest BCUT2D eigenvalue weighted by atomic mass is 16.5. The van der Waals surface area contributed by atoms with Crippen molar-refractivity contribution in [2.24, 2.45) is 0 Å². The van der Waals surface area contributed by atoms with Crippen LogP contribution in [0, 0.1) is 11.3 Å². The van der Waals surface area contributed by atoms with Gasteiger partial charge in [-0.3, -0.25) is 0 Å². The molecule has 1 saturated carbocycles. The van der Waals surface area contributed by atoms with Gasteiger partial charge in [0.2, 0.25) is 0 Å². The molecule has 0 amide bonds. The lowest BCUT2D eigenvalue weighted by Crippen LogP contribution is -2.45. The van der Waals surface area contributed by atoms with Gasteiger partial charge < -0.3 is 10.1 Å². The molecule has 0 atom stereocenters. The van der Waals surface area contributed by atoms with Gasteiger partial charge in [-0.25, -0.2) is 0 Å². The zero-order chi connectivity index (χ0) is 11.4. The summed E-state index contributed by atoms with van der Waals surface area (Å²) in [6.07, 6.45) is 3.38. The number of nitrogens with zero attached hydrogens (tertiary/aromatic N) is 3. The normalized spacial score (nSPS) is 17.2. The summed E-state index contributed by atoms with van der Waals surface area (Å²) in [5, 5.41) is 19.4. The second-order valence-electron chi connectivity index (χ2n) is 4.01. The second kappa shape index (κ2) is 4.45. The zero-order valence-corrected chi connectivity index (χ0v) is 9.23. The molecule has 1 aliphatic rings. The summed E-state index contributed by atoms with van der Waals surface area (Å²) in [5.41, 5.74) is 0.297. The number of hydrogen-bond acceptors (Lipinski definition) is 5. The van der Waals surface area contributed by atoms with Crippen molar-refractivity contribution >= 4 is 5.82 Å². The summed E-state index contributed by atoms with van der Waals surface area (Å²) in [7, 11) is 1.74. The lowest BCUT2D eigenvalue weighted by Gasteiger charge is -2.40. The van der Waals surface area contributed by atoms with Gasteiger partial charge in [-0.05, 0) is 31.4 Å². The predicted octanol–water partition coefficient (Wildman–Crippen LogP) is 1.33. The summed E-state index contributed by atoms with van der Waals surface area (Å²) >= 11 is 0. The fourth-order valence-electron chi connectivity index (χ4n) is 1.76. The summed E-state index contributed by atoms with van der Waals surface area (Å²) in [5.74, 6) is 0.683. The van der Waals surface area contributed by atoms with Gasteiger partial charge in [-0.15, -0.1) is 10.2 Å². The third kappa shape index (κ3) is 2.12. The van der Waals surface area contributed by atoms with Gasteiger partial charge in [0.05, 0.1) is 5.60 Å². The lowest BCUT2D eigenvalue weighted by atomic mass is 9.80. The van der Waals surface area contributed by atoms with Gasteiger partial charge in [0.25, 0.3) is 0 Å². The van der Waals surface area contributed by atoms with Crippen LogP contribution in [0.5, 0.6) is 0 Å². The van der Waals surface area contributed by atoms with E-state index in [1.807, 2.05) is 6.07 Å². The van der Waals surface area contributed by atoms with E-state index in [1.54, 1.807) is 19.2 Å². The fraction of sp³-hybridized carbons (Fsp3) is 0.545. The minimum absolute atomic E-state index is 0.0322. The SMILES string of the molecule is COC1(CNc2ccc(C#N)nn2)CCC1. The summed E-state index contributed by atoms with van der Waals surface area (Å²) in [6, 6.07) is 5.34. The maximum absolute atomic E-state index is 8.58. The number of rotatable bonds is 4. The van der Waals surface area contributed by atoms with Crippen LogP contribution < -0.4 is 5.32 Å². The smallest absolute Gasteiger partial charge is 0.163 e. The largest absolute Gasteiger partial charge is 0.376 e. The van der Waals surface area contributed by atoms with Crippen LogP contribution in [0.25, 0.3) is 0 Å². The van der Waals surface area contributed by atoms with Gasteiger partial charge in [0.15, 0.2) is 5.69 Å². The van der Waals surface area contributed by atoms with E-state index in [0.717, 1.165) is 19.4 Å². The second-order valence-corrected chi connectivity index (χ2v) is 4.01. The molecular weight excluding hydrogens is 204 g/mol. The van der Waals surface area contributed by atoms with Crippen LogP contribution >= 0.6 is 0 Å². The highest BCUT2D eigenvalue weighted by Crippen LogP contribution is 2.34. The molecule has 1 N–H and O–H groups in total. The minimum atomic E-state index is -0.0322. The maximum atomic E-state index is 8.58. The third-order valence-electron chi connectivity index (χ3n) is 3.07. The first-order valence-electron chi connectivity index (χ1n) is 5.31. The molecule has 1 fully saturated rings. The number of hydrogen-bond donors (Lipinski definition) is 1. The van der Waals surface area contributed by atoms with Crippen LogP contribution in [0.15, 0.2) is 12.1 Å². The van der Waals surface area contributed by atoms with Crippen molar-refractivity contribution < 1.29 is 4.74 Å². The topological polar surface area (TPSA) is 70.8 Å². The number of ether oxygens (including phenoxy) is 1. The molecule has 0 bridgehead atoms. The van der Waals surface area contributed by atoms with Crippen molar-refractivity contribution in [2.45, 2.75) is 24.9 Å². The molecule has 0 aliphatic heterocycles. The Hall–Kier alpha value is -1.67. The Kier molecular flexibility index (Phi) is 3.02. The molecule has 16 heavy (non-hydrogen) atoms. The van der Waals surface area contributed by atoms with Crippen molar-refractivity contribution in [2.75, 3.05) is 19.0 Å². The van der Waals surface area contributed by atoms with Crippen LogP contribution in [0.4, 0.5) is 5.82 Å². The first-order chi connectivity index (χ1) is 7.78. The van der Waals surface area contributed by atoms with Crippen LogP contribution in [-0.4, -0.2) is 29.5 Å². The molecule has 1 aromatic heterocycles. The Bertz CT molecular complexity index is 386. The molecule has 0 radical (unpaired) electrons. The summed E-state index contributed by atoms with van der Waals surface area (Å²) < 4.78 is 5.48. The maximum Gasteiger partial charge on any atom is 0.163 e. The molecule has 0 aromatic carbocycles. The van der Waals surface area contributed by atoms with Gasteiger partial charge in [0.1, 0.15) is 11.9 Å². The van der Waals surface area contributed by atoms with Gasteiger partial charge in [-0.2, -0.15) is 5.26 Å². The summed E-state index contributed by atoms with van der Waals surface area (Å²) in [6.45, 7) is 0.740. The Morgan fingerprint density at radius 1 is 1.50 bits per heavy atom. The molecule has 0 unspecified atom stereocenters. The quantitative estimate of drug-likeness (QED) is 0.825. The molecule has 2 rings (SSSR count). The first kappa shape index (κ1) is 10.8. The van der Waals surface area contributed by atoms with E-state index in [4.69, 9.17) is 10.00 Å². The van der Waals surface area contributed by atoms with Crippen molar-refractivity contribution in [3.63, 3.8) is 0 Å². The Morgan fingerprint density at radius 3 is 2.75 bits per heavy atom. The van der Waals surface area contributed by atoms with Crippen LogP contribution in [0.2, 0.25) is 0 Å². The molecule has 1 heterocycles. The lowest BCUT2D eigenvalue weighted by molar-refractivity contribution is -0.0601. The molecule has 0 saturated heterocycles. The average molecular weight is 218 g/mol. The first-order valence-corrected chi connectivity index (χ1v) is 5.31.